The van der Waals surface area contributed by atoms with Crippen molar-refractivity contribution in [2.75, 3.05) is 7.11 Å². The Morgan fingerprint density at radius 2 is 1.79 bits per heavy atom. The number of rotatable bonds is 13. The van der Waals surface area contributed by atoms with Crippen LogP contribution in [-0.2, 0) is 16.0 Å². The molecule has 2 N–H and O–H groups in total. The number of aryl methyl sites for hydroxylation is 1. The largest absolute Gasteiger partial charge is 0.507 e. The summed E-state index contributed by atoms with van der Waals surface area (Å²) in [6.07, 6.45) is 7.22. The molecule has 2 atom stereocenters. The standard InChI is InChI=1S/C28H40O5/c1-18(2)13-26(30)28(32)21(5)10-8-9-19(3)14-24(29)15-20(4)11-12-23-17-25(33-7)16-22(6)27(23)31/h11,13-14,16-17,21,26,30-31H,8-10,12,15H2,1-7H3/b19-14+,20-11+/t21-,26-/m1/s1. The van der Waals surface area contributed by atoms with Gasteiger partial charge in [0, 0.05) is 17.9 Å². The van der Waals surface area contributed by atoms with Crippen LogP contribution in [0.2, 0.25) is 0 Å². The van der Waals surface area contributed by atoms with Crippen molar-refractivity contribution in [2.45, 2.75) is 79.8 Å². The summed E-state index contributed by atoms with van der Waals surface area (Å²) < 4.78 is 5.27. The fourth-order valence-electron chi connectivity index (χ4n) is 3.64. The molecule has 0 aliphatic rings. The van der Waals surface area contributed by atoms with Crippen molar-refractivity contribution in [3.05, 3.63) is 58.2 Å². The Labute approximate surface area is 198 Å². The summed E-state index contributed by atoms with van der Waals surface area (Å²) in [5.74, 6) is 0.606. The molecule has 0 saturated carbocycles. The van der Waals surface area contributed by atoms with Crippen LogP contribution in [0, 0.1) is 12.8 Å². The van der Waals surface area contributed by atoms with Crippen LogP contribution in [0.3, 0.4) is 0 Å². The van der Waals surface area contributed by atoms with Gasteiger partial charge >= 0.3 is 0 Å². The second kappa shape index (κ2) is 13.8. The van der Waals surface area contributed by atoms with Crippen LogP contribution in [-0.4, -0.2) is 35.0 Å². The molecule has 1 aromatic carbocycles. The molecule has 5 nitrogen and oxygen atoms in total. The number of carbonyl (C=O) groups is 2. The van der Waals surface area contributed by atoms with Gasteiger partial charge in [0.25, 0.3) is 0 Å². The Morgan fingerprint density at radius 1 is 1.12 bits per heavy atom. The third-order valence-electron chi connectivity index (χ3n) is 5.60. The number of hydrogen-bond donors (Lipinski definition) is 2. The van der Waals surface area contributed by atoms with E-state index in [1.165, 1.54) is 0 Å². The lowest BCUT2D eigenvalue weighted by Crippen LogP contribution is -2.25. The third kappa shape index (κ3) is 10.2. The molecule has 0 saturated heterocycles. The number of ketones is 2. The molecule has 0 amide bonds. The van der Waals surface area contributed by atoms with Crippen molar-refractivity contribution < 1.29 is 24.5 Å². The highest BCUT2D eigenvalue weighted by Gasteiger charge is 2.19. The number of benzene rings is 1. The number of phenols is 1. The normalized spacial score (nSPS) is 13.9. The minimum atomic E-state index is -1.04. The molecular weight excluding hydrogens is 416 g/mol. The van der Waals surface area contributed by atoms with Gasteiger partial charge in [0.2, 0.25) is 0 Å². The highest BCUT2D eigenvalue weighted by atomic mass is 16.5. The SMILES string of the molecule is COc1cc(C)c(O)c(C/C=C(\C)CC(=O)/C=C(\C)CCC[C@@H](C)C(=O)[C@H](O)C=C(C)C)c1. The monoisotopic (exact) mass is 456 g/mol. The minimum absolute atomic E-state index is 0.0374. The molecular formula is C28H40O5. The van der Waals surface area contributed by atoms with E-state index in [-0.39, 0.29) is 23.2 Å². The van der Waals surface area contributed by atoms with Gasteiger partial charge in [0.05, 0.1) is 7.11 Å². The van der Waals surface area contributed by atoms with E-state index in [0.717, 1.165) is 40.7 Å². The summed E-state index contributed by atoms with van der Waals surface area (Å²) in [6.45, 7) is 11.2. The predicted octanol–water partition coefficient (Wildman–Crippen LogP) is 5.81. The molecule has 182 valence electrons. The second-order valence-corrected chi connectivity index (χ2v) is 9.22. The van der Waals surface area contributed by atoms with Crippen LogP contribution in [0.1, 0.15) is 71.4 Å². The van der Waals surface area contributed by atoms with E-state index in [1.54, 1.807) is 25.3 Å². The lowest BCUT2D eigenvalue weighted by atomic mass is 9.94. The molecule has 0 spiro atoms. The van der Waals surface area contributed by atoms with Gasteiger partial charge in [0.1, 0.15) is 17.6 Å². The van der Waals surface area contributed by atoms with E-state index < -0.39 is 6.10 Å². The number of phenolic OH excluding ortho intramolecular Hbond substituents is 1. The number of hydrogen-bond acceptors (Lipinski definition) is 5. The maximum atomic E-state index is 12.4. The van der Waals surface area contributed by atoms with Crippen molar-refractivity contribution in [3.8, 4) is 11.5 Å². The number of aromatic hydroxyl groups is 1. The molecule has 0 radical (unpaired) electrons. The fraction of sp³-hybridized carbons (Fsp3) is 0.500. The number of allylic oxidation sites excluding steroid dienone is 5. The average Bonchev–Trinajstić information content (AvgIpc) is 2.73. The summed E-state index contributed by atoms with van der Waals surface area (Å²) in [5, 5.41) is 20.2. The van der Waals surface area contributed by atoms with Crippen LogP contribution in [0.15, 0.2) is 47.1 Å². The molecule has 0 aliphatic carbocycles. The van der Waals surface area contributed by atoms with Gasteiger partial charge < -0.3 is 14.9 Å². The zero-order valence-corrected chi connectivity index (χ0v) is 21.2. The van der Waals surface area contributed by atoms with Crippen molar-refractivity contribution in [1.29, 1.82) is 0 Å². The first-order valence-corrected chi connectivity index (χ1v) is 11.5. The first-order chi connectivity index (χ1) is 15.4. The van der Waals surface area contributed by atoms with Crippen molar-refractivity contribution in [1.82, 2.24) is 0 Å². The van der Waals surface area contributed by atoms with Gasteiger partial charge in [-0.25, -0.2) is 0 Å². The van der Waals surface area contributed by atoms with E-state index in [1.807, 2.05) is 53.7 Å². The van der Waals surface area contributed by atoms with Crippen LogP contribution in [0.5, 0.6) is 11.5 Å². The number of aliphatic hydroxyl groups excluding tert-OH is 1. The van der Waals surface area contributed by atoms with E-state index in [0.29, 0.717) is 25.0 Å². The van der Waals surface area contributed by atoms with Crippen molar-refractivity contribution in [3.63, 3.8) is 0 Å². The summed E-state index contributed by atoms with van der Waals surface area (Å²) in [7, 11) is 1.59. The zero-order valence-electron chi connectivity index (χ0n) is 21.2. The Bertz CT molecular complexity index is 916. The van der Waals surface area contributed by atoms with Gasteiger partial charge in [-0.05, 0) is 84.1 Å². The highest BCUT2D eigenvalue weighted by Crippen LogP contribution is 2.28. The number of Topliss-reactive ketones (excluding diaryl/α,β-unsaturated/α-hetero) is 1. The molecule has 0 bridgehead atoms. The van der Waals surface area contributed by atoms with E-state index in [9.17, 15) is 19.8 Å². The average molecular weight is 457 g/mol. The quantitative estimate of drug-likeness (QED) is 0.289. The number of aliphatic hydroxyl groups is 1. The fourth-order valence-corrected chi connectivity index (χ4v) is 3.64. The van der Waals surface area contributed by atoms with Crippen LogP contribution >= 0.6 is 0 Å². The van der Waals surface area contributed by atoms with E-state index in [2.05, 4.69) is 0 Å². The zero-order chi connectivity index (χ0) is 25.1. The topological polar surface area (TPSA) is 83.8 Å². The van der Waals surface area contributed by atoms with E-state index >= 15 is 0 Å². The van der Waals surface area contributed by atoms with Crippen LogP contribution in [0.4, 0.5) is 0 Å². The molecule has 0 aromatic heterocycles. The number of ether oxygens (including phenoxy) is 1. The lowest BCUT2D eigenvalue weighted by Gasteiger charge is -2.13. The minimum Gasteiger partial charge on any atom is -0.507 e. The van der Waals surface area contributed by atoms with Crippen LogP contribution < -0.4 is 4.74 Å². The molecule has 1 rings (SSSR count). The van der Waals surface area contributed by atoms with Gasteiger partial charge in [-0.15, -0.1) is 0 Å². The van der Waals surface area contributed by atoms with Crippen molar-refractivity contribution in [2.24, 2.45) is 5.92 Å². The lowest BCUT2D eigenvalue weighted by molar-refractivity contribution is -0.128. The molecule has 0 heterocycles. The van der Waals surface area contributed by atoms with Crippen LogP contribution in [0.25, 0.3) is 0 Å². The summed E-state index contributed by atoms with van der Waals surface area (Å²) in [6, 6.07) is 3.59. The molecule has 33 heavy (non-hydrogen) atoms. The van der Waals surface area contributed by atoms with Gasteiger partial charge in [-0.3, -0.25) is 9.59 Å². The summed E-state index contributed by atoms with van der Waals surface area (Å²) in [5.41, 5.74) is 4.37. The predicted molar refractivity (Wildman–Crippen MR) is 134 cm³/mol. The number of methoxy groups -OCH3 is 1. The highest BCUT2D eigenvalue weighted by molar-refractivity contribution is 5.92. The molecule has 0 aliphatic heterocycles. The molecule has 5 heteroatoms. The van der Waals surface area contributed by atoms with Gasteiger partial charge in [-0.2, -0.15) is 0 Å². The maximum absolute atomic E-state index is 12.4. The maximum Gasteiger partial charge on any atom is 0.167 e. The molecule has 1 aromatic rings. The summed E-state index contributed by atoms with van der Waals surface area (Å²) >= 11 is 0. The molecule has 0 fully saturated rings. The first kappa shape index (κ1) is 28.4. The first-order valence-electron chi connectivity index (χ1n) is 11.5. The van der Waals surface area contributed by atoms with Gasteiger partial charge in [0.15, 0.2) is 11.6 Å². The Morgan fingerprint density at radius 3 is 2.39 bits per heavy atom. The summed E-state index contributed by atoms with van der Waals surface area (Å²) in [4.78, 5) is 24.6. The smallest absolute Gasteiger partial charge is 0.167 e. The van der Waals surface area contributed by atoms with E-state index in [4.69, 9.17) is 4.74 Å². The van der Waals surface area contributed by atoms with Crippen molar-refractivity contribution >= 4 is 11.6 Å². The van der Waals surface area contributed by atoms with Gasteiger partial charge in [-0.1, -0.05) is 35.8 Å². The third-order valence-corrected chi connectivity index (χ3v) is 5.60. The molecule has 0 unspecified atom stereocenters. The second-order valence-electron chi connectivity index (χ2n) is 9.22. The Kier molecular flexibility index (Phi) is 11.9. The Balaban J connectivity index is 2.56. The number of carbonyl (C=O) groups excluding carboxylic acids is 2. The Hall–Kier alpha value is -2.66.